The number of benzene rings is 10. The van der Waals surface area contributed by atoms with Crippen molar-refractivity contribution in [3.63, 3.8) is 0 Å². The van der Waals surface area contributed by atoms with Gasteiger partial charge in [0.15, 0.2) is 0 Å². The molecule has 0 atom stereocenters. The average Bonchev–Trinajstić information content (AvgIpc) is 1.30. The number of hydrogen-bond acceptors (Lipinski definition) is 1. The summed E-state index contributed by atoms with van der Waals surface area (Å²) >= 11 is 0. The van der Waals surface area contributed by atoms with Gasteiger partial charge in [-0.1, -0.05) is 193 Å². The smallest absolute Gasteiger partial charge is 0.247 e. The van der Waals surface area contributed by atoms with Gasteiger partial charge in [-0.15, -0.1) is 0 Å². The van der Waals surface area contributed by atoms with Crippen molar-refractivity contribution in [2.75, 3.05) is 4.90 Å². The van der Waals surface area contributed by atoms with Crippen molar-refractivity contribution < 1.29 is 0 Å². The summed E-state index contributed by atoms with van der Waals surface area (Å²) in [5.74, 6) is 0. The van der Waals surface area contributed by atoms with Crippen LogP contribution in [0.4, 0.5) is 17.1 Å². The standard InChI is InChI=1S/C79H75BN4/c1-75(2,3)48-32-35-68-58(38-48)61-46-65-63(79(13,14)64-41-51(78(10,11)12)43-72-73(64)80(65)66-42-50(77(7,8)9)40-62-59-39-49(76(4,5)6)33-36-70(59)84(72)74(62)66)47-71(61)83(68)55-29-23-28-54(44-55)81(52-24-17-15-18-25-52)56-34-37-69-60(45-56)57-30-21-22-31-67(57)82(69)53-26-19-16-20-27-53/h15-47H,1-14H3. The molecule has 4 nitrogen and oxygen atoms in total. The van der Waals surface area contributed by atoms with Crippen LogP contribution in [0.15, 0.2) is 200 Å². The van der Waals surface area contributed by atoms with Crippen LogP contribution in [0.25, 0.3) is 82.5 Å². The second kappa shape index (κ2) is 17.8. The van der Waals surface area contributed by atoms with E-state index in [2.05, 4.69) is 316 Å². The van der Waals surface area contributed by atoms with Crippen LogP contribution in [0, 0.1) is 0 Å². The lowest BCUT2D eigenvalue weighted by atomic mass is 9.30. The van der Waals surface area contributed by atoms with E-state index in [-0.39, 0.29) is 33.8 Å². The van der Waals surface area contributed by atoms with E-state index in [0.29, 0.717) is 0 Å². The molecule has 0 saturated carbocycles. The Bertz CT molecular complexity index is 4900. The van der Waals surface area contributed by atoms with Crippen LogP contribution < -0.4 is 21.3 Å². The minimum atomic E-state index is -0.349. The van der Waals surface area contributed by atoms with Gasteiger partial charge in [0.2, 0.25) is 6.71 Å². The molecule has 0 bridgehead atoms. The predicted octanol–water partition coefficient (Wildman–Crippen LogP) is 19.1. The van der Waals surface area contributed by atoms with Crippen molar-refractivity contribution in [3.05, 3.63) is 234 Å². The Morgan fingerprint density at radius 2 is 0.833 bits per heavy atom. The third-order valence-electron chi connectivity index (χ3n) is 19.2. The summed E-state index contributed by atoms with van der Waals surface area (Å²) in [5.41, 5.74) is 26.4. The van der Waals surface area contributed by atoms with Crippen LogP contribution in [0.2, 0.25) is 0 Å². The summed E-state index contributed by atoms with van der Waals surface area (Å²) in [4.78, 5) is 2.44. The van der Waals surface area contributed by atoms with E-state index in [1.54, 1.807) is 0 Å². The molecule has 0 radical (unpaired) electrons. The molecule has 0 unspecified atom stereocenters. The first-order valence-corrected chi connectivity index (χ1v) is 30.4. The number of nitrogens with zero attached hydrogens (tertiary/aromatic N) is 4. The molecule has 0 spiro atoms. The van der Waals surface area contributed by atoms with Gasteiger partial charge < -0.3 is 18.6 Å². The lowest BCUT2D eigenvalue weighted by Crippen LogP contribution is -2.63. The molecule has 0 amide bonds. The van der Waals surface area contributed by atoms with Crippen LogP contribution in [-0.2, 0) is 27.1 Å². The van der Waals surface area contributed by atoms with Gasteiger partial charge in [-0.25, -0.2) is 0 Å². The summed E-state index contributed by atoms with van der Waals surface area (Å²) in [6.07, 6.45) is 0. The first kappa shape index (κ1) is 52.3. The molecular weight excluding hydrogens is 1020 g/mol. The highest BCUT2D eigenvalue weighted by Gasteiger charge is 2.47. The van der Waals surface area contributed by atoms with Crippen molar-refractivity contribution in [3.8, 4) is 17.1 Å². The monoisotopic (exact) mass is 1090 g/mol. The summed E-state index contributed by atoms with van der Waals surface area (Å²) in [5, 5.41) is 7.72. The molecule has 0 N–H and O–H groups in total. The Hall–Kier alpha value is -8.54. The van der Waals surface area contributed by atoms with Crippen molar-refractivity contribution >= 4 is 106 Å². The van der Waals surface area contributed by atoms with E-state index in [1.807, 2.05) is 0 Å². The van der Waals surface area contributed by atoms with Crippen LogP contribution >= 0.6 is 0 Å². The molecule has 0 aliphatic carbocycles. The Labute approximate surface area is 496 Å². The number of fused-ring (bicyclic) bond motifs is 13. The average molecular weight is 1090 g/mol. The van der Waals surface area contributed by atoms with Crippen molar-refractivity contribution in [2.24, 2.45) is 0 Å². The van der Waals surface area contributed by atoms with E-state index in [4.69, 9.17) is 0 Å². The molecule has 10 aromatic carbocycles. The molecule has 5 heterocycles. The van der Waals surface area contributed by atoms with Gasteiger partial charge in [0.25, 0.3) is 0 Å². The van der Waals surface area contributed by atoms with Gasteiger partial charge >= 0.3 is 0 Å². The number of aromatic nitrogens is 3. The minimum Gasteiger partial charge on any atom is -0.310 e. The Balaban J connectivity index is 0.997. The summed E-state index contributed by atoms with van der Waals surface area (Å²) in [7, 11) is 0. The zero-order chi connectivity index (χ0) is 58.3. The maximum atomic E-state index is 2.68. The molecule has 2 aliphatic heterocycles. The zero-order valence-electron chi connectivity index (χ0n) is 51.4. The molecule has 13 aromatic rings. The summed E-state index contributed by atoms with van der Waals surface area (Å²) < 4.78 is 7.65. The number of para-hydroxylation sites is 3. The van der Waals surface area contributed by atoms with Gasteiger partial charge in [-0.3, -0.25) is 0 Å². The first-order valence-electron chi connectivity index (χ1n) is 30.4. The van der Waals surface area contributed by atoms with Crippen molar-refractivity contribution in [2.45, 2.75) is 124 Å². The quantitative estimate of drug-likeness (QED) is 0.157. The van der Waals surface area contributed by atoms with E-state index in [9.17, 15) is 0 Å². The van der Waals surface area contributed by atoms with E-state index >= 15 is 0 Å². The normalized spacial score (nSPS) is 14.1. The molecule has 3 aromatic heterocycles. The van der Waals surface area contributed by atoms with Gasteiger partial charge in [0, 0.05) is 77.4 Å². The third-order valence-corrected chi connectivity index (χ3v) is 19.2. The van der Waals surface area contributed by atoms with Crippen molar-refractivity contribution in [1.29, 1.82) is 0 Å². The summed E-state index contributed by atoms with van der Waals surface area (Å²) in [6.45, 7) is 33.4. The third kappa shape index (κ3) is 7.73. The lowest BCUT2D eigenvalue weighted by molar-refractivity contribution is 0.582. The minimum absolute atomic E-state index is 0.00752. The molecule has 0 fully saturated rings. The van der Waals surface area contributed by atoms with Gasteiger partial charge in [0.1, 0.15) is 0 Å². The lowest BCUT2D eigenvalue weighted by Gasteiger charge is -2.43. The van der Waals surface area contributed by atoms with Gasteiger partial charge in [-0.05, 0) is 175 Å². The van der Waals surface area contributed by atoms with Crippen LogP contribution in [0.3, 0.4) is 0 Å². The molecule has 5 heteroatoms. The molecule has 84 heavy (non-hydrogen) atoms. The predicted molar refractivity (Wildman–Crippen MR) is 362 cm³/mol. The molecular formula is C79H75BN4. The van der Waals surface area contributed by atoms with Gasteiger partial charge in [-0.2, -0.15) is 0 Å². The fourth-order valence-corrected chi connectivity index (χ4v) is 14.6. The number of hydrogen-bond donors (Lipinski definition) is 0. The van der Waals surface area contributed by atoms with E-state index in [1.165, 1.54) is 121 Å². The van der Waals surface area contributed by atoms with Crippen LogP contribution in [0.1, 0.15) is 130 Å². The molecule has 0 saturated heterocycles. The highest BCUT2D eigenvalue weighted by atomic mass is 15.1. The van der Waals surface area contributed by atoms with Crippen molar-refractivity contribution in [1.82, 2.24) is 13.7 Å². The highest BCUT2D eigenvalue weighted by molar-refractivity contribution is 6.99. The Kier molecular flexibility index (Phi) is 11.0. The summed E-state index contributed by atoms with van der Waals surface area (Å²) in [6, 6.07) is 77.0. The van der Waals surface area contributed by atoms with Crippen LogP contribution in [-0.4, -0.2) is 20.4 Å². The number of anilines is 3. The SMILES string of the molecule is CC(C)(C)c1cc2c3c(c1)C(C)(C)c1cc4c(cc1B3c1cc(C(C)(C)C)cc3c5cc(C(C)(C)C)ccc5n-2c13)c1cc(C(C)(C)C)ccc1n4-c1cccc(N(c2ccccc2)c2ccc3c(c2)c2ccccc2n3-c2ccccc2)c1. The Morgan fingerprint density at radius 1 is 0.333 bits per heavy atom. The number of rotatable bonds is 5. The second-order valence-corrected chi connectivity index (χ2v) is 29.1. The van der Waals surface area contributed by atoms with E-state index in [0.717, 1.165) is 28.4 Å². The highest BCUT2D eigenvalue weighted by Crippen LogP contribution is 2.47. The molecule has 15 rings (SSSR count). The second-order valence-electron chi connectivity index (χ2n) is 29.1. The van der Waals surface area contributed by atoms with E-state index < -0.39 is 0 Å². The first-order chi connectivity index (χ1) is 39.9. The largest absolute Gasteiger partial charge is 0.310 e. The fourth-order valence-electron chi connectivity index (χ4n) is 14.6. The maximum absolute atomic E-state index is 2.68. The molecule has 2 aliphatic rings. The Morgan fingerprint density at radius 3 is 1.50 bits per heavy atom. The molecule has 414 valence electrons. The van der Waals surface area contributed by atoms with Gasteiger partial charge in [0.05, 0.1) is 27.6 Å². The topological polar surface area (TPSA) is 18.0 Å². The zero-order valence-corrected chi connectivity index (χ0v) is 51.4. The fraction of sp³-hybridized carbons (Fsp3) is 0.241. The van der Waals surface area contributed by atoms with Crippen LogP contribution in [0.5, 0.6) is 0 Å². The maximum Gasteiger partial charge on any atom is 0.247 e.